The Labute approximate surface area is 191 Å². The Kier molecular flexibility index (Phi) is 5.43. The number of carbonyl (C=O) groups is 1. The number of rotatable bonds is 5. The van der Waals surface area contributed by atoms with Gasteiger partial charge in [-0.3, -0.25) is 4.79 Å². The summed E-state index contributed by atoms with van der Waals surface area (Å²) in [6.45, 7) is 2.90. The third-order valence-corrected chi connectivity index (χ3v) is 6.57. The number of hydrogen-bond donors (Lipinski definition) is 0. The highest BCUT2D eigenvalue weighted by atomic mass is 35.5. The fourth-order valence-corrected chi connectivity index (χ4v) is 4.82. The molecule has 1 aliphatic heterocycles. The molecule has 32 heavy (non-hydrogen) atoms. The van der Waals surface area contributed by atoms with E-state index in [1.54, 1.807) is 12.1 Å². The Morgan fingerprint density at radius 3 is 2.66 bits per heavy atom. The first-order valence-corrected chi connectivity index (χ1v) is 11.2. The first kappa shape index (κ1) is 20.7. The molecule has 1 amide bonds. The van der Waals surface area contributed by atoms with Crippen LogP contribution in [-0.4, -0.2) is 22.0 Å². The van der Waals surface area contributed by atoms with Crippen molar-refractivity contribution in [1.82, 2.24) is 9.55 Å². The van der Waals surface area contributed by atoms with Crippen molar-refractivity contribution in [1.29, 1.82) is 0 Å². The molecule has 4 nitrogen and oxygen atoms in total. The predicted molar refractivity (Wildman–Crippen MR) is 126 cm³/mol. The van der Waals surface area contributed by atoms with Gasteiger partial charge in [-0.2, -0.15) is 0 Å². The quantitative estimate of drug-likeness (QED) is 0.378. The topological polar surface area (TPSA) is 38.1 Å². The molecule has 162 valence electrons. The molecule has 0 saturated carbocycles. The SMILES string of the molecule is CCc1ccccc1N1C[C@@H](c2nc3ccccc3n2Cc2c(F)cccc2Cl)CC1=O. The maximum absolute atomic E-state index is 14.6. The highest BCUT2D eigenvalue weighted by molar-refractivity contribution is 6.31. The minimum atomic E-state index is -0.345. The number of aryl methyl sites for hydroxylation is 1. The lowest BCUT2D eigenvalue weighted by atomic mass is 10.1. The average molecular weight is 448 g/mol. The lowest BCUT2D eigenvalue weighted by molar-refractivity contribution is -0.117. The summed E-state index contributed by atoms with van der Waals surface area (Å²) < 4.78 is 16.6. The number of anilines is 1. The fraction of sp³-hybridized carbons (Fsp3) is 0.231. The van der Waals surface area contributed by atoms with Crippen molar-refractivity contribution < 1.29 is 9.18 Å². The summed E-state index contributed by atoms with van der Waals surface area (Å²) in [6, 6.07) is 20.5. The Balaban J connectivity index is 1.56. The van der Waals surface area contributed by atoms with Gasteiger partial charge in [-0.05, 0) is 42.3 Å². The van der Waals surface area contributed by atoms with Crippen molar-refractivity contribution in [3.63, 3.8) is 0 Å². The molecule has 1 atom stereocenters. The van der Waals surface area contributed by atoms with Crippen molar-refractivity contribution in [3.05, 3.63) is 94.5 Å². The van der Waals surface area contributed by atoms with Crippen LogP contribution in [0.4, 0.5) is 10.1 Å². The van der Waals surface area contributed by atoms with Crippen molar-refractivity contribution in [2.24, 2.45) is 0 Å². The van der Waals surface area contributed by atoms with Crippen molar-refractivity contribution in [3.8, 4) is 0 Å². The molecule has 0 bridgehead atoms. The number of benzene rings is 3. The van der Waals surface area contributed by atoms with Gasteiger partial charge in [-0.25, -0.2) is 9.37 Å². The molecular formula is C26H23ClFN3O. The Hall–Kier alpha value is -3.18. The molecule has 0 aliphatic carbocycles. The standard InChI is InChI=1S/C26H23ClFN3O/c1-2-17-8-3-5-12-23(17)30-15-18(14-25(30)32)26-29-22-11-4-6-13-24(22)31(26)16-19-20(27)9-7-10-21(19)28/h3-13,18H,2,14-16H2,1H3/t18-/m0/s1. The van der Waals surface area contributed by atoms with Crippen molar-refractivity contribution in [2.75, 3.05) is 11.4 Å². The van der Waals surface area contributed by atoms with Crippen LogP contribution in [0.25, 0.3) is 11.0 Å². The van der Waals surface area contributed by atoms with E-state index in [1.807, 2.05) is 51.9 Å². The van der Waals surface area contributed by atoms with E-state index in [0.717, 1.165) is 34.5 Å². The number of halogens is 2. The molecule has 0 unspecified atom stereocenters. The second-order valence-electron chi connectivity index (χ2n) is 8.13. The van der Waals surface area contributed by atoms with Gasteiger partial charge in [-0.15, -0.1) is 0 Å². The van der Waals surface area contributed by atoms with Gasteiger partial charge >= 0.3 is 0 Å². The Morgan fingerprint density at radius 1 is 1.06 bits per heavy atom. The van der Waals surface area contributed by atoms with E-state index >= 15 is 0 Å². The van der Waals surface area contributed by atoms with Crippen LogP contribution in [0.3, 0.4) is 0 Å². The van der Waals surface area contributed by atoms with E-state index in [-0.39, 0.29) is 24.2 Å². The van der Waals surface area contributed by atoms with E-state index in [9.17, 15) is 9.18 Å². The number of amides is 1. The van der Waals surface area contributed by atoms with Crippen LogP contribution in [-0.2, 0) is 17.8 Å². The number of imidazole rings is 1. The van der Waals surface area contributed by atoms with Crippen LogP contribution in [0.15, 0.2) is 66.7 Å². The maximum Gasteiger partial charge on any atom is 0.227 e. The number of hydrogen-bond acceptors (Lipinski definition) is 2. The molecule has 2 heterocycles. The van der Waals surface area contributed by atoms with Crippen molar-refractivity contribution >= 4 is 34.2 Å². The highest BCUT2D eigenvalue weighted by Crippen LogP contribution is 2.35. The summed E-state index contributed by atoms with van der Waals surface area (Å²) in [4.78, 5) is 19.8. The molecule has 0 N–H and O–H groups in total. The number of carbonyl (C=O) groups excluding carboxylic acids is 1. The number of fused-ring (bicyclic) bond motifs is 1. The molecule has 6 heteroatoms. The molecular weight excluding hydrogens is 425 g/mol. The number of para-hydroxylation sites is 3. The minimum absolute atomic E-state index is 0.0819. The average Bonchev–Trinajstić information content (AvgIpc) is 3.36. The molecule has 3 aromatic carbocycles. The third kappa shape index (κ3) is 3.56. The first-order chi connectivity index (χ1) is 15.6. The van der Waals surface area contributed by atoms with Gasteiger partial charge in [0.05, 0.1) is 17.6 Å². The second-order valence-corrected chi connectivity index (χ2v) is 8.54. The largest absolute Gasteiger partial charge is 0.323 e. The summed E-state index contributed by atoms with van der Waals surface area (Å²) in [6.07, 6.45) is 1.22. The Morgan fingerprint density at radius 2 is 1.84 bits per heavy atom. The first-order valence-electron chi connectivity index (χ1n) is 10.8. The summed E-state index contributed by atoms with van der Waals surface area (Å²) in [5, 5.41) is 0.384. The summed E-state index contributed by atoms with van der Waals surface area (Å²) in [5.41, 5.74) is 4.27. The number of nitrogens with zero attached hydrogens (tertiary/aromatic N) is 3. The van der Waals surface area contributed by atoms with Gasteiger partial charge in [0, 0.05) is 35.2 Å². The van der Waals surface area contributed by atoms with Gasteiger partial charge in [-0.1, -0.05) is 54.9 Å². The Bertz CT molecular complexity index is 1300. The van der Waals surface area contributed by atoms with E-state index in [1.165, 1.54) is 6.07 Å². The maximum atomic E-state index is 14.6. The molecule has 1 fully saturated rings. The zero-order chi connectivity index (χ0) is 22.2. The summed E-state index contributed by atoms with van der Waals surface area (Å²) >= 11 is 6.33. The smallest absolute Gasteiger partial charge is 0.227 e. The van der Waals surface area contributed by atoms with Crippen LogP contribution in [0.5, 0.6) is 0 Å². The molecule has 0 spiro atoms. The van der Waals surface area contributed by atoms with Gasteiger partial charge < -0.3 is 9.47 Å². The normalized spacial score (nSPS) is 16.3. The second kappa shape index (κ2) is 8.40. The van der Waals surface area contributed by atoms with Gasteiger partial charge in [0.1, 0.15) is 11.6 Å². The van der Waals surface area contributed by atoms with Crippen LogP contribution in [0, 0.1) is 5.82 Å². The van der Waals surface area contributed by atoms with Crippen LogP contribution in [0.1, 0.15) is 36.2 Å². The molecule has 1 saturated heterocycles. The zero-order valence-corrected chi connectivity index (χ0v) is 18.5. The van der Waals surface area contributed by atoms with Crippen LogP contribution < -0.4 is 4.90 Å². The molecule has 1 aromatic heterocycles. The van der Waals surface area contributed by atoms with Crippen molar-refractivity contribution in [2.45, 2.75) is 32.2 Å². The summed E-state index contributed by atoms with van der Waals surface area (Å²) in [7, 11) is 0. The van der Waals surface area contributed by atoms with Crippen LogP contribution in [0.2, 0.25) is 5.02 Å². The zero-order valence-electron chi connectivity index (χ0n) is 17.8. The van der Waals surface area contributed by atoms with Gasteiger partial charge in [0.2, 0.25) is 5.91 Å². The lowest BCUT2D eigenvalue weighted by Gasteiger charge is -2.20. The van der Waals surface area contributed by atoms with Gasteiger partial charge in [0.25, 0.3) is 0 Å². The minimum Gasteiger partial charge on any atom is -0.323 e. The van der Waals surface area contributed by atoms with E-state index < -0.39 is 0 Å². The monoisotopic (exact) mass is 447 g/mol. The highest BCUT2D eigenvalue weighted by Gasteiger charge is 2.35. The third-order valence-electron chi connectivity index (χ3n) is 6.22. The fourth-order valence-electron chi connectivity index (χ4n) is 4.60. The predicted octanol–water partition coefficient (Wildman–Crippen LogP) is 5.96. The summed E-state index contributed by atoms with van der Waals surface area (Å²) in [5.74, 6) is 0.432. The molecule has 1 aliphatic rings. The molecule has 0 radical (unpaired) electrons. The molecule has 4 aromatic rings. The lowest BCUT2D eigenvalue weighted by Crippen LogP contribution is -2.25. The number of aromatic nitrogens is 2. The van der Waals surface area contributed by atoms with E-state index in [0.29, 0.717) is 23.6 Å². The van der Waals surface area contributed by atoms with Crippen LogP contribution >= 0.6 is 11.6 Å². The molecule has 5 rings (SSSR count). The van der Waals surface area contributed by atoms with E-state index in [2.05, 4.69) is 13.0 Å². The van der Waals surface area contributed by atoms with E-state index in [4.69, 9.17) is 16.6 Å². The van der Waals surface area contributed by atoms with Gasteiger partial charge in [0.15, 0.2) is 0 Å².